The molecule has 2 atom stereocenters. The Hall–Kier alpha value is -5.11. The number of piperidine rings is 1. The van der Waals surface area contributed by atoms with Gasteiger partial charge in [-0.2, -0.15) is 13.2 Å². The molecule has 15 nitrogen and oxygen atoms in total. The second kappa shape index (κ2) is 28.9. The van der Waals surface area contributed by atoms with E-state index in [0.29, 0.717) is 91.5 Å². The van der Waals surface area contributed by atoms with Crippen LogP contribution in [0.1, 0.15) is 69.1 Å². The van der Waals surface area contributed by atoms with Gasteiger partial charge >= 0.3 is 19.1 Å². The van der Waals surface area contributed by atoms with Crippen molar-refractivity contribution >= 4 is 83.6 Å². The molecule has 3 N–H and O–H groups in total. The van der Waals surface area contributed by atoms with Crippen LogP contribution in [0.4, 0.5) is 35.9 Å². The van der Waals surface area contributed by atoms with Gasteiger partial charge in [-0.25, -0.2) is 18.1 Å². The minimum atomic E-state index is -5.84. The van der Waals surface area contributed by atoms with Crippen molar-refractivity contribution in [1.29, 1.82) is 0 Å². The van der Waals surface area contributed by atoms with Crippen LogP contribution in [-0.4, -0.2) is 130 Å². The molecule has 2 aliphatic heterocycles. The van der Waals surface area contributed by atoms with E-state index >= 15 is 0 Å². The number of rotatable bonds is 27. The van der Waals surface area contributed by atoms with Crippen molar-refractivity contribution in [2.45, 2.75) is 81.3 Å². The molecule has 5 aromatic carbocycles. The van der Waals surface area contributed by atoms with Crippen molar-refractivity contribution in [3.63, 3.8) is 0 Å². The number of aromatic nitrogens is 1. The third kappa shape index (κ3) is 16.1. The van der Waals surface area contributed by atoms with Crippen molar-refractivity contribution in [2.75, 3.05) is 104 Å². The number of anilines is 4. The number of sulfone groups is 1. The highest BCUT2D eigenvalue weighted by Crippen LogP contribution is 2.51. The van der Waals surface area contributed by atoms with Crippen molar-refractivity contribution < 1.29 is 55.2 Å². The molecule has 0 bridgehead atoms. The molecule has 448 valence electrons. The number of aromatic carboxylic acids is 1. The third-order valence-corrected chi connectivity index (χ3v) is 21.6. The summed E-state index contributed by atoms with van der Waals surface area (Å²) in [4.78, 5) is 24.3. The smallest absolute Gasteiger partial charge is 0.478 e. The monoisotopic (exact) mass is 1240 g/mol. The number of thioether (sulfide) groups is 1. The molecule has 83 heavy (non-hydrogen) atoms. The van der Waals surface area contributed by atoms with E-state index in [0.717, 1.165) is 65.1 Å². The van der Waals surface area contributed by atoms with E-state index in [-0.39, 0.29) is 45.1 Å². The van der Waals surface area contributed by atoms with E-state index in [1.807, 2.05) is 123 Å². The number of nitrogens with zero attached hydrogens (tertiary/aromatic N) is 5. The number of alkyl halides is 3. The van der Waals surface area contributed by atoms with Crippen LogP contribution in [0, 0.1) is 12.8 Å². The fourth-order valence-corrected chi connectivity index (χ4v) is 16.4. The van der Waals surface area contributed by atoms with Crippen molar-refractivity contribution in [1.82, 2.24) is 9.47 Å². The zero-order valence-corrected chi connectivity index (χ0v) is 51.6. The van der Waals surface area contributed by atoms with Gasteiger partial charge in [-0.3, -0.25) is 9.82 Å². The summed E-state index contributed by atoms with van der Waals surface area (Å²) < 4.78 is 99.2. The summed E-state index contributed by atoms with van der Waals surface area (Å²) in [5.41, 5.74) is 0.882. The van der Waals surface area contributed by atoms with E-state index in [4.69, 9.17) is 20.6 Å². The van der Waals surface area contributed by atoms with Crippen LogP contribution in [0.15, 0.2) is 131 Å². The molecule has 23 heteroatoms. The predicted molar refractivity (Wildman–Crippen MR) is 331 cm³/mol. The molecule has 2 aliphatic rings. The first kappa shape index (κ1) is 63.9. The average Bonchev–Trinajstić information content (AvgIpc) is 2.54. The number of carboxylic acids is 1. The van der Waals surface area contributed by atoms with E-state index in [1.54, 1.807) is 19.9 Å². The Morgan fingerprint density at radius 2 is 1.51 bits per heavy atom. The lowest BCUT2D eigenvalue weighted by atomic mass is 9.96. The molecule has 3 heterocycles. The highest BCUT2D eigenvalue weighted by molar-refractivity contribution is 7.99. The molecule has 0 aliphatic carbocycles. The number of hydrogen-bond acceptors (Lipinski definition) is 14. The zero-order chi connectivity index (χ0) is 59.5. The van der Waals surface area contributed by atoms with Gasteiger partial charge in [-0.05, 0) is 162 Å². The van der Waals surface area contributed by atoms with Gasteiger partial charge in [0.25, 0.3) is 9.84 Å². The van der Waals surface area contributed by atoms with Gasteiger partial charge in [0.2, 0.25) is 0 Å². The van der Waals surface area contributed by atoms with Gasteiger partial charge in [0.05, 0.1) is 47.8 Å². The molecular weight excluding hydrogens is 1170 g/mol. The minimum Gasteiger partial charge on any atom is -0.478 e. The molecule has 0 amide bonds. The van der Waals surface area contributed by atoms with Crippen LogP contribution in [0.5, 0.6) is 0 Å². The molecule has 0 spiro atoms. The Morgan fingerprint density at radius 1 is 0.855 bits per heavy atom. The molecular formula is C60H74ClF3N6O9P2S2. The largest absolute Gasteiger partial charge is 0.501 e. The summed E-state index contributed by atoms with van der Waals surface area (Å²) in [6.45, 7) is 14.8. The Balaban J connectivity index is 0.967. The van der Waals surface area contributed by atoms with Crippen LogP contribution >= 0.6 is 39.7 Å². The lowest BCUT2D eigenvalue weighted by Crippen LogP contribution is -2.46. The quantitative estimate of drug-likeness (QED) is 0.0193. The van der Waals surface area contributed by atoms with E-state index < -0.39 is 39.8 Å². The van der Waals surface area contributed by atoms with Gasteiger partial charge in [0.15, 0.2) is 0 Å². The number of carbonyl (C=O) groups is 1. The summed E-state index contributed by atoms with van der Waals surface area (Å²) in [6, 6.07) is 36.4. The van der Waals surface area contributed by atoms with E-state index in [9.17, 15) is 41.3 Å². The van der Waals surface area contributed by atoms with Gasteiger partial charge < -0.3 is 43.4 Å². The zero-order valence-electron chi connectivity index (χ0n) is 47.4. The fourth-order valence-electron chi connectivity index (χ4n) is 11.0. The first-order valence-electron chi connectivity index (χ1n) is 28.0. The number of halogens is 4. The minimum absolute atomic E-state index is 0.0202. The van der Waals surface area contributed by atoms with Crippen molar-refractivity contribution in [3.8, 4) is 22.4 Å². The number of nitrogens with one attached hydrogen (secondary N) is 1. The lowest BCUT2D eigenvalue weighted by molar-refractivity contribution is -0.239. The van der Waals surface area contributed by atoms with E-state index in [1.165, 1.54) is 17.8 Å². The second-order valence-corrected chi connectivity index (χ2v) is 27.8. The lowest BCUT2D eigenvalue weighted by Gasteiger charge is -2.37. The van der Waals surface area contributed by atoms with Crippen LogP contribution in [-0.2, 0) is 28.3 Å². The number of hydrogen-bond donors (Lipinski definition) is 3. The number of piperazine rings is 1. The Kier molecular flexibility index (Phi) is 22.2. The van der Waals surface area contributed by atoms with Crippen LogP contribution in [0.2, 0.25) is 5.02 Å². The Labute approximate surface area is 496 Å². The SMILES string of the molecule is CCOP(=O)(CC1CCN(CC[C@H](CSc2ccccc2)Nc2ccc(PN(CCOO)c3ccc(N4CCN(c5cccc(-c6c(C(=O)O)c(C)n(C(C)C)c6-c6ccc(Cl)cc6)c5)CC4)cc3)cc2S(=O)(=O)C(F)(F)F)CC1)OCC. The van der Waals surface area contributed by atoms with Crippen molar-refractivity contribution in [2.24, 2.45) is 5.92 Å². The maximum atomic E-state index is 14.6. The first-order chi connectivity index (χ1) is 39.7. The Bertz CT molecular complexity index is 3270. The topological polar surface area (TPSA) is 166 Å². The summed E-state index contributed by atoms with van der Waals surface area (Å²) in [6.07, 6.45) is 2.40. The molecule has 0 radical (unpaired) electrons. The van der Waals surface area contributed by atoms with Gasteiger partial charge in [0, 0.05) is 104 Å². The average molecular weight is 1240 g/mol. The molecule has 2 saturated heterocycles. The summed E-state index contributed by atoms with van der Waals surface area (Å²) in [5.74, 6) is -0.411. The predicted octanol–water partition coefficient (Wildman–Crippen LogP) is 13.8. The maximum absolute atomic E-state index is 14.6. The highest BCUT2D eigenvalue weighted by Gasteiger charge is 2.48. The molecule has 8 rings (SSSR count). The molecule has 0 saturated carbocycles. The molecule has 6 aromatic rings. The highest BCUT2D eigenvalue weighted by atomic mass is 35.5. The van der Waals surface area contributed by atoms with Crippen LogP contribution in [0.3, 0.4) is 0 Å². The standard InChI is InChI=1S/C60H74ClF3N6O9P2S2/c1-6-78-81(74,79-7-2)40-44-26-29-66(30-27-44)31-28-48(41-82-53-14-9-8-10-15-53)65-54-25-24-52(39-55(54)83(75,76)60(62,63)64)80-69(36-37-77-73)50-22-20-49(21-23-50)67-32-34-68(35-33-67)51-13-11-12-46(38-51)57-56(59(71)72)43(5)70(42(3)4)58(57)45-16-18-47(61)19-17-45/h8-25,38-39,42,44,48,65,73,80H,6-7,26-37,40-41H2,1-5H3,(H,71,72)/t48-/m1/s1. The number of benzene rings is 5. The fraction of sp³-hybridized carbons (Fsp3) is 0.417. The second-order valence-electron chi connectivity index (χ2n) is 20.9. The van der Waals surface area contributed by atoms with Gasteiger partial charge in [-0.1, -0.05) is 60.1 Å². The third-order valence-electron chi connectivity index (χ3n) is 15.0. The number of likely N-dealkylation sites (tertiary alicyclic amines) is 1. The van der Waals surface area contributed by atoms with E-state index in [2.05, 4.69) is 35.5 Å². The summed E-state index contributed by atoms with van der Waals surface area (Å²) in [7, 11) is -9.40. The van der Waals surface area contributed by atoms with Gasteiger partial charge in [-0.15, -0.1) is 11.8 Å². The summed E-state index contributed by atoms with van der Waals surface area (Å²) >= 11 is 7.81. The summed E-state index contributed by atoms with van der Waals surface area (Å²) in [5, 5.41) is 24.2. The van der Waals surface area contributed by atoms with Crippen LogP contribution < -0.4 is 25.1 Å². The first-order valence-corrected chi connectivity index (χ1v) is 33.5. The van der Waals surface area contributed by atoms with Crippen LogP contribution in [0.25, 0.3) is 22.4 Å². The van der Waals surface area contributed by atoms with Gasteiger partial charge in [0.1, 0.15) is 0 Å². The Morgan fingerprint density at radius 3 is 2.11 bits per heavy atom. The molecule has 1 aromatic heterocycles. The number of carboxylic acid groups (broad SMARTS) is 1. The normalized spacial score (nSPS) is 15.4. The molecule has 2 fully saturated rings. The van der Waals surface area contributed by atoms with Crippen molar-refractivity contribution in [3.05, 3.63) is 138 Å². The molecule has 1 unspecified atom stereocenters. The maximum Gasteiger partial charge on any atom is 0.501 e.